The second-order valence-electron chi connectivity index (χ2n) is 7.65. The summed E-state index contributed by atoms with van der Waals surface area (Å²) in [5.41, 5.74) is 8.19. The zero-order valence-electron chi connectivity index (χ0n) is 13.7. The molecule has 2 N–H and O–H groups in total. The molecule has 2 fully saturated rings. The molecule has 1 spiro atoms. The lowest BCUT2D eigenvalue weighted by atomic mass is 9.61. The Morgan fingerprint density at radius 2 is 1.81 bits per heavy atom. The predicted octanol–water partition coefficient (Wildman–Crippen LogP) is 4.41. The Labute approximate surface area is 129 Å². The molecule has 2 saturated carbocycles. The van der Waals surface area contributed by atoms with Crippen LogP contribution in [0.1, 0.15) is 64.9 Å². The van der Waals surface area contributed by atoms with Gasteiger partial charge in [-0.1, -0.05) is 45.7 Å². The van der Waals surface area contributed by atoms with Crippen LogP contribution in [0.5, 0.6) is 5.75 Å². The summed E-state index contributed by atoms with van der Waals surface area (Å²) in [6.07, 6.45) is 7.63. The van der Waals surface area contributed by atoms with E-state index in [1.807, 2.05) is 0 Å². The standard InChI is InChI=1S/C19H29NO/c1-4-18(2,3)14-7-9-15(10-8-14)21-17-13-16(20)19(17)11-5-6-12-19/h7-10,16-17H,4-6,11-13,20H2,1-3H3. The van der Waals surface area contributed by atoms with E-state index in [2.05, 4.69) is 45.0 Å². The first-order chi connectivity index (χ1) is 9.98. The average molecular weight is 287 g/mol. The molecule has 116 valence electrons. The van der Waals surface area contributed by atoms with Crippen LogP contribution in [-0.2, 0) is 5.41 Å². The quantitative estimate of drug-likeness (QED) is 0.890. The molecule has 0 bridgehead atoms. The summed E-state index contributed by atoms with van der Waals surface area (Å²) >= 11 is 0. The van der Waals surface area contributed by atoms with Crippen molar-refractivity contribution in [1.29, 1.82) is 0 Å². The van der Waals surface area contributed by atoms with Gasteiger partial charge >= 0.3 is 0 Å². The average Bonchev–Trinajstić information content (AvgIpc) is 3.00. The maximum absolute atomic E-state index is 6.28. The molecule has 1 aromatic carbocycles. The molecule has 0 amide bonds. The Kier molecular flexibility index (Phi) is 3.77. The third-order valence-corrected chi connectivity index (χ3v) is 6.18. The fourth-order valence-electron chi connectivity index (χ4n) is 4.02. The van der Waals surface area contributed by atoms with Crippen LogP contribution in [0.3, 0.4) is 0 Å². The number of ether oxygens (including phenoxy) is 1. The van der Waals surface area contributed by atoms with E-state index < -0.39 is 0 Å². The largest absolute Gasteiger partial charge is 0.490 e. The fourth-order valence-corrected chi connectivity index (χ4v) is 4.02. The zero-order valence-corrected chi connectivity index (χ0v) is 13.7. The number of hydrogen-bond donors (Lipinski definition) is 1. The molecule has 2 unspecified atom stereocenters. The highest BCUT2D eigenvalue weighted by Crippen LogP contribution is 2.53. The Balaban J connectivity index is 1.69. The maximum atomic E-state index is 6.28. The van der Waals surface area contributed by atoms with Gasteiger partial charge < -0.3 is 10.5 Å². The Hall–Kier alpha value is -1.02. The van der Waals surface area contributed by atoms with Gasteiger partial charge in [0.2, 0.25) is 0 Å². The normalized spacial score (nSPS) is 27.6. The molecule has 0 radical (unpaired) electrons. The molecule has 3 rings (SSSR count). The van der Waals surface area contributed by atoms with Crippen LogP contribution < -0.4 is 10.5 Å². The van der Waals surface area contributed by atoms with E-state index in [4.69, 9.17) is 10.5 Å². The first-order valence-corrected chi connectivity index (χ1v) is 8.51. The molecule has 2 nitrogen and oxygen atoms in total. The summed E-state index contributed by atoms with van der Waals surface area (Å²) in [7, 11) is 0. The van der Waals surface area contributed by atoms with Crippen molar-refractivity contribution in [3.8, 4) is 5.75 Å². The highest BCUT2D eigenvalue weighted by molar-refractivity contribution is 5.32. The second kappa shape index (κ2) is 5.31. The van der Waals surface area contributed by atoms with Crippen molar-refractivity contribution >= 4 is 0 Å². The van der Waals surface area contributed by atoms with Crippen LogP contribution in [0.4, 0.5) is 0 Å². The molecule has 1 aromatic rings. The van der Waals surface area contributed by atoms with Gasteiger partial charge in [0, 0.05) is 17.9 Å². The summed E-state index contributed by atoms with van der Waals surface area (Å²) in [6.45, 7) is 6.83. The maximum Gasteiger partial charge on any atom is 0.119 e. The Morgan fingerprint density at radius 3 is 2.33 bits per heavy atom. The summed E-state index contributed by atoms with van der Waals surface area (Å²) in [5, 5.41) is 0. The van der Waals surface area contributed by atoms with Crippen molar-refractivity contribution in [2.24, 2.45) is 11.1 Å². The molecule has 21 heavy (non-hydrogen) atoms. The van der Waals surface area contributed by atoms with E-state index in [9.17, 15) is 0 Å². The van der Waals surface area contributed by atoms with E-state index in [1.54, 1.807) is 0 Å². The van der Waals surface area contributed by atoms with Gasteiger partial charge in [0.05, 0.1) is 0 Å². The third kappa shape index (κ3) is 2.48. The van der Waals surface area contributed by atoms with Gasteiger partial charge in [-0.2, -0.15) is 0 Å². The topological polar surface area (TPSA) is 35.2 Å². The van der Waals surface area contributed by atoms with Gasteiger partial charge in [-0.15, -0.1) is 0 Å². The Morgan fingerprint density at radius 1 is 1.19 bits per heavy atom. The van der Waals surface area contributed by atoms with Crippen LogP contribution in [0.15, 0.2) is 24.3 Å². The smallest absolute Gasteiger partial charge is 0.119 e. The number of hydrogen-bond acceptors (Lipinski definition) is 2. The van der Waals surface area contributed by atoms with Gasteiger partial charge in [-0.05, 0) is 42.4 Å². The molecular formula is C19H29NO. The van der Waals surface area contributed by atoms with Crippen molar-refractivity contribution in [3.05, 3.63) is 29.8 Å². The van der Waals surface area contributed by atoms with E-state index >= 15 is 0 Å². The lowest BCUT2D eigenvalue weighted by molar-refractivity contribution is -0.0620. The van der Waals surface area contributed by atoms with Crippen LogP contribution in [-0.4, -0.2) is 12.1 Å². The Bertz CT molecular complexity index is 485. The molecule has 0 saturated heterocycles. The van der Waals surface area contributed by atoms with Crippen molar-refractivity contribution < 1.29 is 4.74 Å². The minimum Gasteiger partial charge on any atom is -0.490 e. The second-order valence-corrected chi connectivity index (χ2v) is 7.65. The molecular weight excluding hydrogens is 258 g/mol. The lowest BCUT2D eigenvalue weighted by Crippen LogP contribution is -2.62. The number of benzene rings is 1. The third-order valence-electron chi connectivity index (χ3n) is 6.18. The molecule has 2 atom stereocenters. The summed E-state index contributed by atoms with van der Waals surface area (Å²) in [6, 6.07) is 9.07. The SMILES string of the molecule is CCC(C)(C)c1ccc(OC2CC(N)C23CCCC3)cc1. The van der Waals surface area contributed by atoms with Crippen LogP contribution in [0, 0.1) is 5.41 Å². The van der Waals surface area contributed by atoms with Crippen molar-refractivity contribution in [3.63, 3.8) is 0 Å². The highest BCUT2D eigenvalue weighted by atomic mass is 16.5. The number of nitrogens with two attached hydrogens (primary N) is 1. The van der Waals surface area contributed by atoms with Crippen LogP contribution in [0.2, 0.25) is 0 Å². The molecule has 2 heteroatoms. The van der Waals surface area contributed by atoms with Crippen molar-refractivity contribution in [2.45, 2.75) is 76.9 Å². The molecule has 2 aliphatic rings. The van der Waals surface area contributed by atoms with E-state index in [0.717, 1.165) is 18.6 Å². The minimum atomic E-state index is 0.240. The first-order valence-electron chi connectivity index (χ1n) is 8.51. The van der Waals surface area contributed by atoms with E-state index in [1.165, 1.54) is 31.2 Å². The number of rotatable bonds is 4. The van der Waals surface area contributed by atoms with Gasteiger partial charge in [0.25, 0.3) is 0 Å². The lowest BCUT2D eigenvalue weighted by Gasteiger charge is -2.52. The van der Waals surface area contributed by atoms with Gasteiger partial charge in [-0.25, -0.2) is 0 Å². The summed E-state index contributed by atoms with van der Waals surface area (Å²) in [4.78, 5) is 0. The fraction of sp³-hybridized carbons (Fsp3) is 0.684. The molecule has 0 aromatic heterocycles. The van der Waals surface area contributed by atoms with Gasteiger partial charge in [0.1, 0.15) is 11.9 Å². The van der Waals surface area contributed by atoms with Gasteiger partial charge in [0.15, 0.2) is 0 Å². The molecule has 2 aliphatic carbocycles. The van der Waals surface area contributed by atoms with Crippen molar-refractivity contribution in [2.75, 3.05) is 0 Å². The van der Waals surface area contributed by atoms with Gasteiger partial charge in [-0.3, -0.25) is 0 Å². The van der Waals surface area contributed by atoms with E-state index in [0.29, 0.717) is 12.1 Å². The summed E-state index contributed by atoms with van der Waals surface area (Å²) in [5.74, 6) is 1.01. The summed E-state index contributed by atoms with van der Waals surface area (Å²) < 4.78 is 6.28. The van der Waals surface area contributed by atoms with E-state index in [-0.39, 0.29) is 10.8 Å². The zero-order chi connectivity index (χ0) is 15.1. The predicted molar refractivity (Wildman–Crippen MR) is 87.7 cm³/mol. The highest BCUT2D eigenvalue weighted by Gasteiger charge is 2.56. The molecule has 0 aliphatic heterocycles. The van der Waals surface area contributed by atoms with Crippen LogP contribution >= 0.6 is 0 Å². The van der Waals surface area contributed by atoms with Crippen LogP contribution in [0.25, 0.3) is 0 Å². The van der Waals surface area contributed by atoms with Crippen molar-refractivity contribution in [1.82, 2.24) is 0 Å². The molecule has 0 heterocycles. The minimum absolute atomic E-state index is 0.240. The first kappa shape index (κ1) is 14.9. The monoisotopic (exact) mass is 287 g/mol.